The highest BCUT2D eigenvalue weighted by Gasteiger charge is 2.60. The Morgan fingerprint density at radius 3 is 1.27 bits per heavy atom. The van der Waals surface area contributed by atoms with Crippen LogP contribution in [0.1, 0.15) is 65.8 Å². The molecule has 46 nitrogen and oxygen atoms in total. The maximum absolute atomic E-state index is 14.2. The van der Waals surface area contributed by atoms with Crippen molar-refractivity contribution in [1.82, 2.24) is 87.6 Å². The van der Waals surface area contributed by atoms with E-state index in [0.29, 0.717) is 22.3 Å². The molecule has 5 aliphatic rings. The predicted molar refractivity (Wildman–Crippen MR) is 396 cm³/mol. The third-order valence-corrected chi connectivity index (χ3v) is 19.0. The summed E-state index contributed by atoms with van der Waals surface area (Å²) in [6.45, 7) is 4.92. The van der Waals surface area contributed by atoms with Crippen LogP contribution < -0.4 is 45.3 Å². The number of halogens is 1. The molecule has 10 aromatic rings. The van der Waals surface area contributed by atoms with Crippen molar-refractivity contribution >= 4 is 97.5 Å². The van der Waals surface area contributed by atoms with Gasteiger partial charge in [-0.1, -0.05) is 41.8 Å². The van der Waals surface area contributed by atoms with Gasteiger partial charge in [-0.05, 0) is 40.7 Å². The number of nitrogens with one attached hydrogen (secondary N) is 4. The number of fused-ring (bicyclic) bond motifs is 5. The largest absolute Gasteiger partial charge is 0.394 e. The van der Waals surface area contributed by atoms with Gasteiger partial charge in [0.1, 0.15) is 83.1 Å². The third-order valence-electron chi connectivity index (χ3n) is 18.7. The van der Waals surface area contributed by atoms with Gasteiger partial charge in [0.05, 0.1) is 63.6 Å². The van der Waals surface area contributed by atoms with E-state index in [2.05, 4.69) is 124 Å². The van der Waals surface area contributed by atoms with Crippen LogP contribution in [-0.2, 0) is 23.7 Å². The highest BCUT2D eigenvalue weighted by atomic mass is 32.1. The summed E-state index contributed by atoms with van der Waals surface area (Å²) in [5.74, 6) is 23.9. The Labute approximate surface area is 648 Å². The number of nitrogens with zero attached hydrogens (tertiary/aromatic N) is 14. The number of aliphatic hydroxyl groups is 15. The molecule has 5 fully saturated rings. The van der Waals surface area contributed by atoms with Crippen LogP contribution in [0.15, 0.2) is 58.0 Å². The number of hydrogen-bond acceptors (Lipinski definition) is 38. The van der Waals surface area contributed by atoms with Gasteiger partial charge in [-0.15, -0.1) is 29.6 Å². The predicted octanol–water partition coefficient (Wildman–Crippen LogP) is -8.04. The third kappa shape index (κ3) is 14.9. The SMILES string of the molecule is CC#CC1(O)[C@@H](O)[C@@H](CO)O[C@H]1n1cc(F)c2c(=O)[nH]c(N)nc21.CC#CC1(O)[C@@H](O)[C@@H](CO)O[C@H]1n1ccc2c(=O)[nH]c(N)nc21.CC#CC1(O)[C@@H](O)[C@@H](CO)O[C@H]1n1cnc2c(=O)[nH]c(N)nc21.CC#CC1(O)[C@@H](O)[C@@H](CO)O[C@H]1n1cnc2c(=S)nc(N)[nH]c21.CC#CC1(O)[C@@H](O)[C@@H](CO)O[C@H]1n1cnc2cnc(N)nc21. The van der Waals surface area contributed by atoms with E-state index in [-0.39, 0.29) is 67.6 Å². The van der Waals surface area contributed by atoms with Crippen molar-refractivity contribution in [3.05, 3.63) is 85.2 Å². The van der Waals surface area contributed by atoms with Crippen LogP contribution in [0.2, 0.25) is 0 Å². The number of hydrogen-bond donors (Lipinski definition) is 24. The normalized spacial score (nSPS) is 30.4. The topological polar surface area (TPSA) is 735 Å². The second kappa shape index (κ2) is 33.1. The summed E-state index contributed by atoms with van der Waals surface area (Å²) < 4.78 is 48.4. The molecule has 20 atom stereocenters. The number of aliphatic hydroxyl groups excluding tert-OH is 10. The first-order valence-electron chi connectivity index (χ1n) is 34.0. The van der Waals surface area contributed by atoms with Gasteiger partial charge in [0.15, 0.2) is 104 Å². The van der Waals surface area contributed by atoms with Crippen molar-refractivity contribution in [2.24, 2.45) is 0 Å². The standard InChI is InChI=1S/C14H15FN4O5.C14H16N4O5.C13H15N5O5.C13H15N5O4S.C13H15N5O4/c1-2-3-14(23)9(21)7(5-20)24-12(14)19-4-6(15)8-10(19)17-13(16)18-11(8)22;1-2-4-14(22)9(20)8(6-19)23-12(14)18-5-3-7-10(18)16-13(15)17-11(7)21;1-2-3-13(22)8(20)6(4-19)23-11(13)18-5-15-7-9(18)16-12(14)17-10(7)21;1-2-3-13(21)8(20)6(4-19)22-11(13)18-5-15-7-9(18)16-12(14)17-10(7)23;1-2-3-13(21)9(20)8(5-19)22-11(13)18-6-16-7-4-15-12(14)17-10(7)18/h4,7,9,12,20-21,23H,5H2,1H3,(H3,16,17,18,22);3,5,8-9,12,19-20,22H,6H2,1H3,(H3,15,16,17,21);5-6,8,11,19-20,22H,4H2,1H3,(H3,14,16,17,21);5-6,8,11,19-21H,4H2,1H3,(H3,14,16,17,23);4,6,8-9,11,19-21H,5H2,1H3,(H2,14,15,17)/t7-,9+,12-,14?;8-,9+,12-,14?;2*6-,8+,11-,13?;8-,9+,11-,13?/m11111/s1. The lowest BCUT2D eigenvalue weighted by Gasteiger charge is -2.26. The monoisotopic (exact) mass is 1620 g/mol. The molecule has 0 spiro atoms. The average Bonchev–Trinajstić information content (AvgIpc) is 1.61. The maximum atomic E-state index is 14.2. The molecule has 15 heterocycles. The number of nitrogens with two attached hydrogens (primary N) is 5. The first-order valence-corrected chi connectivity index (χ1v) is 34.4. The van der Waals surface area contributed by atoms with E-state index >= 15 is 0 Å². The number of aromatic amines is 4. The summed E-state index contributed by atoms with van der Waals surface area (Å²) in [6.07, 6.45) is -10.6. The highest BCUT2D eigenvalue weighted by Crippen LogP contribution is 2.45. The Bertz CT molecular complexity index is 5590. The first-order chi connectivity index (χ1) is 54.6. The number of H-pyrrole nitrogens is 4. The number of imidazole rings is 3. The molecule has 15 rings (SSSR count). The van der Waals surface area contributed by atoms with Gasteiger partial charge in [0, 0.05) is 12.4 Å². The summed E-state index contributed by atoms with van der Waals surface area (Å²) in [4.78, 5) is 81.1. The van der Waals surface area contributed by atoms with Crippen molar-refractivity contribution in [3.8, 4) is 59.2 Å². The number of rotatable bonds is 10. The number of ether oxygens (including phenoxy) is 5. The second-order valence-corrected chi connectivity index (χ2v) is 26.2. The number of nitrogen functional groups attached to an aromatic ring is 5. The molecule has 48 heteroatoms. The molecule has 0 amide bonds. The first kappa shape index (κ1) is 84.4. The molecule has 0 bridgehead atoms. The molecule has 10 aromatic heterocycles. The summed E-state index contributed by atoms with van der Waals surface area (Å²) in [7, 11) is 0. The van der Waals surface area contributed by atoms with E-state index in [1.54, 1.807) is 0 Å². The van der Waals surface area contributed by atoms with Gasteiger partial charge in [-0.25, -0.2) is 29.3 Å². The molecule has 0 saturated carbocycles. The van der Waals surface area contributed by atoms with E-state index in [0.717, 1.165) is 10.8 Å². The minimum Gasteiger partial charge on any atom is -0.394 e. The fraction of sp³-hybridized carbons (Fsp3) is 0.448. The fourth-order valence-electron chi connectivity index (χ4n) is 13.5. The average molecular weight is 1620 g/mol. The van der Waals surface area contributed by atoms with Crippen LogP contribution in [0.25, 0.3) is 55.6 Å². The molecule has 0 aromatic carbocycles. The Morgan fingerprint density at radius 1 is 0.452 bits per heavy atom. The number of aromatic nitrogens is 18. The van der Waals surface area contributed by atoms with Crippen molar-refractivity contribution < 1.29 is 105 Å². The highest BCUT2D eigenvalue weighted by molar-refractivity contribution is 7.71. The number of anilines is 5. The molecule has 0 aliphatic carbocycles. The Balaban J connectivity index is 0.000000142. The molecule has 115 heavy (non-hydrogen) atoms. The van der Waals surface area contributed by atoms with Crippen LogP contribution >= 0.6 is 12.2 Å². The van der Waals surface area contributed by atoms with Crippen LogP contribution in [0, 0.1) is 69.7 Å². The minimum absolute atomic E-state index is 0.00320. The van der Waals surface area contributed by atoms with Crippen LogP contribution in [0.5, 0.6) is 0 Å². The molecule has 5 unspecified atom stereocenters. The van der Waals surface area contributed by atoms with E-state index in [1.807, 2.05) is 0 Å². The van der Waals surface area contributed by atoms with Crippen molar-refractivity contribution in [1.29, 1.82) is 0 Å². The molecular weight excluding hydrogens is 1550 g/mol. The van der Waals surface area contributed by atoms with Crippen LogP contribution in [-0.4, -0.2) is 286 Å². The van der Waals surface area contributed by atoms with Gasteiger partial charge >= 0.3 is 0 Å². The van der Waals surface area contributed by atoms with Crippen LogP contribution in [0.4, 0.5) is 34.1 Å². The van der Waals surface area contributed by atoms with Gasteiger partial charge in [0.25, 0.3) is 16.7 Å². The Hall–Kier alpha value is -11.6. The van der Waals surface area contributed by atoms with E-state index in [1.165, 1.54) is 90.3 Å². The van der Waals surface area contributed by atoms with Crippen molar-refractivity contribution in [3.63, 3.8) is 0 Å². The molecule has 610 valence electrons. The smallest absolute Gasteiger partial charge is 0.280 e. The van der Waals surface area contributed by atoms with Crippen LogP contribution in [0.3, 0.4) is 0 Å². The van der Waals surface area contributed by atoms with Gasteiger partial charge < -0.3 is 139 Å². The van der Waals surface area contributed by atoms with Crippen molar-refractivity contribution in [2.45, 2.75) is 155 Å². The zero-order chi connectivity index (χ0) is 83.9. The maximum Gasteiger partial charge on any atom is 0.280 e. The fourth-order valence-corrected chi connectivity index (χ4v) is 13.7. The summed E-state index contributed by atoms with van der Waals surface area (Å²) in [6, 6.07) is 1.49. The summed E-state index contributed by atoms with van der Waals surface area (Å²) >= 11 is 5.10. The van der Waals surface area contributed by atoms with Gasteiger partial charge in [-0.2, -0.15) is 19.9 Å². The Kier molecular flexibility index (Phi) is 24.3. The lowest BCUT2D eigenvalue weighted by molar-refractivity contribution is -0.0722. The van der Waals surface area contributed by atoms with Crippen molar-refractivity contribution in [2.75, 3.05) is 61.7 Å². The minimum atomic E-state index is -2.14. The lowest BCUT2D eigenvalue weighted by atomic mass is 9.94. The Morgan fingerprint density at radius 2 is 0.817 bits per heavy atom. The molecule has 5 saturated heterocycles. The molecule has 0 radical (unpaired) electrons. The quantitative estimate of drug-likeness (QED) is 0.0447. The lowest BCUT2D eigenvalue weighted by Crippen LogP contribution is -2.45. The van der Waals surface area contributed by atoms with Gasteiger partial charge in [-0.3, -0.25) is 47.6 Å². The second-order valence-electron chi connectivity index (χ2n) is 25.9. The molecule has 5 aliphatic heterocycles. The van der Waals surface area contributed by atoms with Gasteiger partial charge in [0.2, 0.25) is 23.8 Å². The van der Waals surface area contributed by atoms with E-state index in [4.69, 9.17) is 64.6 Å². The summed E-state index contributed by atoms with van der Waals surface area (Å²) in [5.41, 5.74) is 17.7. The molecular formula is C67H76FN23O23S. The zero-order valence-electron chi connectivity index (χ0n) is 60.6. The summed E-state index contributed by atoms with van der Waals surface area (Å²) in [5, 5.41) is 151. The zero-order valence-corrected chi connectivity index (χ0v) is 61.5. The molecule has 29 N–H and O–H groups in total. The van der Waals surface area contributed by atoms with E-state index < -0.39 is 176 Å². The van der Waals surface area contributed by atoms with E-state index in [9.17, 15) is 95.4 Å².